The number of rotatable bonds is 5. The fraction of sp³-hybridized carbons (Fsp3) is 0.379. The van der Waals surface area contributed by atoms with Gasteiger partial charge in [0.25, 0.3) is 0 Å². The molecule has 0 atom stereocenters. The SMILES string of the molecule is Fc1cc(-c2ccc(-c3ccc(C4CCC(C5CCC5)CC4)cc3)cc2)cc(F)c1OC(F)(F)F. The summed E-state index contributed by atoms with van der Waals surface area (Å²) in [6, 6.07) is 17.3. The molecule has 0 bridgehead atoms. The minimum atomic E-state index is -5.17. The molecule has 3 aromatic carbocycles. The number of hydrogen-bond acceptors (Lipinski definition) is 1. The molecule has 1 nitrogen and oxygen atoms in total. The molecule has 0 aliphatic heterocycles. The highest BCUT2D eigenvalue weighted by atomic mass is 19.4. The lowest BCUT2D eigenvalue weighted by molar-refractivity contribution is -0.276. The van der Waals surface area contributed by atoms with E-state index in [9.17, 15) is 22.0 Å². The van der Waals surface area contributed by atoms with Crippen molar-refractivity contribution in [3.05, 3.63) is 77.9 Å². The molecule has 0 aromatic heterocycles. The van der Waals surface area contributed by atoms with Crippen LogP contribution in [0.3, 0.4) is 0 Å². The molecule has 0 spiro atoms. The molecular formula is C29H27F5O. The van der Waals surface area contributed by atoms with E-state index in [-0.39, 0.29) is 5.56 Å². The van der Waals surface area contributed by atoms with Gasteiger partial charge < -0.3 is 4.74 Å². The second-order valence-corrected chi connectivity index (χ2v) is 9.82. The van der Waals surface area contributed by atoms with E-state index in [1.165, 1.54) is 50.5 Å². The molecule has 0 unspecified atom stereocenters. The second kappa shape index (κ2) is 9.63. The maximum atomic E-state index is 14.1. The van der Waals surface area contributed by atoms with Crippen LogP contribution in [0.2, 0.25) is 0 Å². The fourth-order valence-electron chi connectivity index (χ4n) is 5.58. The van der Waals surface area contributed by atoms with Crippen LogP contribution in [0.1, 0.15) is 56.4 Å². The number of halogens is 5. The Morgan fingerprint density at radius 2 is 1.06 bits per heavy atom. The first-order valence-electron chi connectivity index (χ1n) is 12.2. The number of benzene rings is 3. The highest BCUT2D eigenvalue weighted by molar-refractivity contribution is 5.71. The summed E-state index contributed by atoms with van der Waals surface area (Å²) in [6.45, 7) is 0. The summed E-state index contributed by atoms with van der Waals surface area (Å²) < 4.78 is 68.7. The second-order valence-electron chi connectivity index (χ2n) is 9.82. The predicted octanol–water partition coefficient (Wildman–Crippen LogP) is 9.27. The smallest absolute Gasteiger partial charge is 0.399 e. The monoisotopic (exact) mass is 486 g/mol. The van der Waals surface area contributed by atoms with Crippen LogP contribution >= 0.6 is 0 Å². The van der Waals surface area contributed by atoms with Gasteiger partial charge in [0.2, 0.25) is 5.75 Å². The fourth-order valence-corrected chi connectivity index (χ4v) is 5.58. The van der Waals surface area contributed by atoms with Crippen LogP contribution < -0.4 is 4.74 Å². The number of alkyl halides is 3. The zero-order valence-corrected chi connectivity index (χ0v) is 19.3. The van der Waals surface area contributed by atoms with Gasteiger partial charge in [-0.05, 0) is 83.4 Å². The van der Waals surface area contributed by atoms with Gasteiger partial charge in [0, 0.05) is 0 Å². The molecule has 0 saturated heterocycles. The van der Waals surface area contributed by atoms with Crippen LogP contribution in [-0.4, -0.2) is 6.36 Å². The van der Waals surface area contributed by atoms with Crippen LogP contribution in [0.25, 0.3) is 22.3 Å². The predicted molar refractivity (Wildman–Crippen MR) is 126 cm³/mol. The van der Waals surface area contributed by atoms with E-state index in [0.717, 1.165) is 35.1 Å². The van der Waals surface area contributed by atoms with Gasteiger partial charge >= 0.3 is 6.36 Å². The molecule has 2 aliphatic rings. The normalized spacial score (nSPS) is 20.9. The van der Waals surface area contributed by atoms with Gasteiger partial charge in [-0.2, -0.15) is 0 Å². The van der Waals surface area contributed by atoms with Crippen molar-refractivity contribution < 1.29 is 26.7 Å². The molecule has 0 radical (unpaired) electrons. The van der Waals surface area contributed by atoms with E-state index in [1.54, 1.807) is 12.1 Å². The average Bonchev–Trinajstić information content (AvgIpc) is 2.80. The van der Waals surface area contributed by atoms with Crippen LogP contribution in [0, 0.1) is 23.5 Å². The number of ether oxygens (including phenoxy) is 1. The standard InChI is InChI=1S/C29H27F5O/c30-26-16-25(17-27(31)28(26)35-29(32,33)34)24-14-12-23(13-15-24)22-10-8-21(9-11-22)20-6-4-19(5-7-20)18-2-1-3-18/h8-20H,1-7H2. The van der Waals surface area contributed by atoms with Crippen molar-refractivity contribution in [3.8, 4) is 28.0 Å². The first-order valence-corrected chi connectivity index (χ1v) is 12.2. The summed E-state index contributed by atoms with van der Waals surface area (Å²) in [5.74, 6) is -1.74. The van der Waals surface area contributed by atoms with Gasteiger partial charge in [-0.25, -0.2) is 8.78 Å². The Morgan fingerprint density at radius 3 is 1.51 bits per heavy atom. The summed E-state index contributed by atoms with van der Waals surface area (Å²) in [5, 5.41) is 0. The van der Waals surface area contributed by atoms with E-state index < -0.39 is 23.7 Å². The van der Waals surface area contributed by atoms with Gasteiger partial charge in [0.05, 0.1) is 0 Å². The van der Waals surface area contributed by atoms with Gasteiger partial charge in [-0.1, -0.05) is 67.8 Å². The van der Waals surface area contributed by atoms with Crippen molar-refractivity contribution in [2.75, 3.05) is 0 Å². The van der Waals surface area contributed by atoms with Crippen molar-refractivity contribution in [2.45, 2.75) is 57.2 Å². The maximum Gasteiger partial charge on any atom is 0.573 e. The topological polar surface area (TPSA) is 9.23 Å². The summed E-state index contributed by atoms with van der Waals surface area (Å²) in [5.41, 5.74) is 3.99. The molecule has 0 heterocycles. The minimum Gasteiger partial charge on any atom is -0.399 e. The molecular weight excluding hydrogens is 459 g/mol. The zero-order valence-electron chi connectivity index (χ0n) is 19.3. The first kappa shape index (κ1) is 23.8. The third-order valence-electron chi connectivity index (χ3n) is 7.74. The van der Waals surface area contributed by atoms with Crippen LogP contribution in [0.5, 0.6) is 5.75 Å². The van der Waals surface area contributed by atoms with Gasteiger partial charge in [-0.3, -0.25) is 0 Å². The lowest BCUT2D eigenvalue weighted by Crippen LogP contribution is -2.25. The van der Waals surface area contributed by atoms with Crippen LogP contribution in [-0.2, 0) is 0 Å². The van der Waals surface area contributed by atoms with Crippen molar-refractivity contribution in [1.82, 2.24) is 0 Å². The quantitative estimate of drug-likeness (QED) is 0.327. The summed E-state index contributed by atoms with van der Waals surface area (Å²) >= 11 is 0. The molecule has 2 fully saturated rings. The van der Waals surface area contributed by atoms with Gasteiger partial charge in [-0.15, -0.1) is 13.2 Å². The molecule has 0 amide bonds. The van der Waals surface area contributed by atoms with Gasteiger partial charge in [0.15, 0.2) is 11.6 Å². The molecule has 5 rings (SSSR count). The Bertz CT molecular complexity index is 1130. The third kappa shape index (κ3) is 5.36. The van der Waals surface area contributed by atoms with Crippen molar-refractivity contribution in [1.29, 1.82) is 0 Å². The maximum absolute atomic E-state index is 14.1. The molecule has 6 heteroatoms. The third-order valence-corrected chi connectivity index (χ3v) is 7.74. The largest absolute Gasteiger partial charge is 0.573 e. The lowest BCUT2D eigenvalue weighted by atomic mass is 9.67. The average molecular weight is 487 g/mol. The summed E-state index contributed by atoms with van der Waals surface area (Å²) in [6.07, 6.45) is 4.27. The molecule has 3 aromatic rings. The molecule has 184 valence electrons. The van der Waals surface area contributed by atoms with Crippen LogP contribution in [0.15, 0.2) is 60.7 Å². The van der Waals surface area contributed by atoms with Crippen LogP contribution in [0.4, 0.5) is 22.0 Å². The lowest BCUT2D eigenvalue weighted by Gasteiger charge is -2.38. The van der Waals surface area contributed by atoms with E-state index in [4.69, 9.17) is 0 Å². The number of hydrogen-bond donors (Lipinski definition) is 0. The van der Waals surface area contributed by atoms with Crippen molar-refractivity contribution in [3.63, 3.8) is 0 Å². The highest BCUT2D eigenvalue weighted by Crippen LogP contribution is 2.45. The van der Waals surface area contributed by atoms with E-state index in [0.29, 0.717) is 11.5 Å². The summed E-state index contributed by atoms with van der Waals surface area (Å²) in [7, 11) is 0. The zero-order chi connectivity index (χ0) is 24.6. The highest BCUT2D eigenvalue weighted by Gasteiger charge is 2.34. The van der Waals surface area contributed by atoms with E-state index >= 15 is 0 Å². The Labute approximate surface area is 201 Å². The van der Waals surface area contributed by atoms with Crippen molar-refractivity contribution in [2.24, 2.45) is 11.8 Å². The molecule has 2 aliphatic carbocycles. The van der Waals surface area contributed by atoms with Crippen molar-refractivity contribution >= 4 is 0 Å². The van der Waals surface area contributed by atoms with E-state index in [1.807, 2.05) is 12.1 Å². The van der Waals surface area contributed by atoms with E-state index in [2.05, 4.69) is 29.0 Å². The summed E-state index contributed by atoms with van der Waals surface area (Å²) in [4.78, 5) is 0. The Hall–Kier alpha value is -2.89. The first-order chi connectivity index (χ1) is 16.8. The Morgan fingerprint density at radius 1 is 0.600 bits per heavy atom. The van der Waals surface area contributed by atoms with Gasteiger partial charge in [0.1, 0.15) is 0 Å². The Kier molecular flexibility index (Phi) is 6.56. The molecule has 0 N–H and O–H groups in total. The molecule has 35 heavy (non-hydrogen) atoms. The Balaban J connectivity index is 1.26. The minimum absolute atomic E-state index is 0.133. The molecule has 2 saturated carbocycles.